The van der Waals surface area contributed by atoms with Crippen LogP contribution in [0.15, 0.2) is 60.9 Å². The number of aromatic nitrogens is 2. The van der Waals surface area contributed by atoms with Gasteiger partial charge in [0.25, 0.3) is 0 Å². The highest BCUT2D eigenvalue weighted by molar-refractivity contribution is 5.84. The summed E-state index contributed by atoms with van der Waals surface area (Å²) in [7, 11) is 0. The average Bonchev–Trinajstić information content (AvgIpc) is 2.46. The molecule has 3 rings (SSSR count). The first kappa shape index (κ1) is 10.5. The normalized spacial score (nSPS) is 9.78. The Balaban J connectivity index is 2.09. The van der Waals surface area contributed by atoms with Gasteiger partial charge in [0.05, 0.1) is 11.1 Å². The highest BCUT2D eigenvalue weighted by Gasteiger charge is 1.97. The van der Waals surface area contributed by atoms with E-state index >= 15 is 0 Å². The fraction of sp³-hybridized carbons (Fsp3) is 0. The van der Waals surface area contributed by atoms with Crippen molar-refractivity contribution in [2.45, 2.75) is 0 Å². The van der Waals surface area contributed by atoms with Crippen LogP contribution in [0.4, 0.5) is 0 Å². The summed E-state index contributed by atoms with van der Waals surface area (Å²) in [4.78, 5) is 8.55. The molecule has 0 aliphatic carbocycles. The summed E-state index contributed by atoms with van der Waals surface area (Å²) in [6, 6.07) is 15.7. The zero-order valence-corrected chi connectivity index (χ0v) is 9.67. The number of nitrogens with zero attached hydrogens (tertiary/aromatic N) is 2. The SMILES string of the molecule is C(#Cc1cccc2cccnc12)c1ccccn1. The first-order chi connectivity index (χ1) is 8.93. The molecule has 1 aromatic carbocycles. The summed E-state index contributed by atoms with van der Waals surface area (Å²) < 4.78 is 0. The summed E-state index contributed by atoms with van der Waals surface area (Å²) in [5.41, 5.74) is 2.63. The molecule has 3 aromatic rings. The van der Waals surface area contributed by atoms with Crippen LogP contribution in [0.1, 0.15) is 11.3 Å². The van der Waals surface area contributed by atoms with E-state index in [9.17, 15) is 0 Å². The van der Waals surface area contributed by atoms with Gasteiger partial charge in [-0.2, -0.15) is 0 Å². The third-order valence-electron chi connectivity index (χ3n) is 2.62. The first-order valence-electron chi connectivity index (χ1n) is 5.70. The molecule has 0 aliphatic rings. The van der Waals surface area contributed by atoms with E-state index < -0.39 is 0 Å². The summed E-state index contributed by atoms with van der Waals surface area (Å²) in [5.74, 6) is 6.18. The third-order valence-corrected chi connectivity index (χ3v) is 2.62. The van der Waals surface area contributed by atoms with Crippen molar-refractivity contribution in [3.8, 4) is 11.8 Å². The minimum atomic E-state index is 0.769. The molecule has 2 nitrogen and oxygen atoms in total. The van der Waals surface area contributed by atoms with Crippen LogP contribution in [0.5, 0.6) is 0 Å². The minimum Gasteiger partial charge on any atom is -0.255 e. The van der Waals surface area contributed by atoms with E-state index in [1.807, 2.05) is 48.5 Å². The summed E-state index contributed by atoms with van der Waals surface area (Å²) in [5, 5.41) is 1.10. The van der Waals surface area contributed by atoms with E-state index in [2.05, 4.69) is 21.8 Å². The van der Waals surface area contributed by atoms with E-state index in [0.29, 0.717) is 0 Å². The molecule has 18 heavy (non-hydrogen) atoms. The molecule has 0 atom stereocenters. The lowest BCUT2D eigenvalue weighted by Crippen LogP contribution is -1.84. The highest BCUT2D eigenvalue weighted by Crippen LogP contribution is 2.14. The molecule has 84 valence electrons. The molecule has 0 amide bonds. The highest BCUT2D eigenvalue weighted by atomic mass is 14.7. The van der Waals surface area contributed by atoms with E-state index in [4.69, 9.17) is 0 Å². The lowest BCUT2D eigenvalue weighted by molar-refractivity contribution is 1.29. The van der Waals surface area contributed by atoms with E-state index in [1.54, 1.807) is 12.4 Å². The van der Waals surface area contributed by atoms with E-state index in [1.165, 1.54) is 0 Å². The average molecular weight is 230 g/mol. The van der Waals surface area contributed by atoms with Crippen molar-refractivity contribution in [2.24, 2.45) is 0 Å². The molecule has 0 fully saturated rings. The maximum absolute atomic E-state index is 4.37. The van der Waals surface area contributed by atoms with Crippen LogP contribution in [-0.4, -0.2) is 9.97 Å². The van der Waals surface area contributed by atoms with Gasteiger partial charge in [-0.25, -0.2) is 4.98 Å². The molecule has 0 aliphatic heterocycles. The lowest BCUT2D eigenvalue weighted by atomic mass is 10.1. The standard InChI is InChI=1S/C16H10N2/c1-2-11-17-15(8-1)10-9-14-6-3-5-13-7-4-12-18-16(13)14/h1-8,11-12H. The minimum absolute atomic E-state index is 0.769. The van der Waals surface area contributed by atoms with Gasteiger partial charge in [0.15, 0.2) is 0 Å². The zero-order valence-electron chi connectivity index (χ0n) is 9.67. The Morgan fingerprint density at radius 2 is 1.61 bits per heavy atom. The second-order valence-electron chi connectivity index (χ2n) is 3.85. The predicted octanol–water partition coefficient (Wildman–Crippen LogP) is 3.03. The Morgan fingerprint density at radius 3 is 2.50 bits per heavy atom. The van der Waals surface area contributed by atoms with Gasteiger partial charge in [0.1, 0.15) is 5.69 Å². The predicted molar refractivity (Wildman–Crippen MR) is 72.0 cm³/mol. The molecule has 2 heterocycles. The number of hydrogen-bond acceptors (Lipinski definition) is 2. The van der Waals surface area contributed by atoms with Crippen LogP contribution in [0.2, 0.25) is 0 Å². The van der Waals surface area contributed by atoms with Crippen LogP contribution >= 0.6 is 0 Å². The number of fused-ring (bicyclic) bond motifs is 1. The summed E-state index contributed by atoms with van der Waals surface area (Å²) in [6.07, 6.45) is 3.53. The second-order valence-corrected chi connectivity index (χ2v) is 3.85. The van der Waals surface area contributed by atoms with Gasteiger partial charge >= 0.3 is 0 Å². The van der Waals surface area contributed by atoms with E-state index in [0.717, 1.165) is 22.2 Å². The van der Waals surface area contributed by atoms with Gasteiger partial charge in [-0.15, -0.1) is 0 Å². The molecule has 2 aromatic heterocycles. The van der Waals surface area contributed by atoms with Crippen LogP contribution in [0.25, 0.3) is 10.9 Å². The van der Waals surface area contributed by atoms with Crippen molar-refractivity contribution in [3.05, 3.63) is 72.2 Å². The Bertz CT molecular complexity index is 732. The van der Waals surface area contributed by atoms with Gasteiger partial charge in [-0.3, -0.25) is 4.98 Å². The maximum atomic E-state index is 4.37. The molecule has 0 saturated heterocycles. The Morgan fingerprint density at radius 1 is 0.722 bits per heavy atom. The lowest BCUT2D eigenvalue weighted by Gasteiger charge is -1.98. The fourth-order valence-corrected chi connectivity index (χ4v) is 1.77. The first-order valence-corrected chi connectivity index (χ1v) is 5.70. The van der Waals surface area contributed by atoms with Crippen molar-refractivity contribution in [1.29, 1.82) is 0 Å². The molecule has 0 bridgehead atoms. The molecular weight excluding hydrogens is 220 g/mol. The Kier molecular flexibility index (Phi) is 2.73. The molecule has 0 radical (unpaired) electrons. The smallest absolute Gasteiger partial charge is 0.113 e. The molecule has 0 spiro atoms. The van der Waals surface area contributed by atoms with Gasteiger partial charge in [-0.1, -0.05) is 30.2 Å². The molecule has 0 unspecified atom stereocenters. The topological polar surface area (TPSA) is 25.8 Å². The number of benzene rings is 1. The number of hydrogen-bond donors (Lipinski definition) is 0. The third kappa shape index (κ3) is 2.07. The van der Waals surface area contributed by atoms with Crippen LogP contribution in [-0.2, 0) is 0 Å². The number of para-hydroxylation sites is 1. The molecule has 0 N–H and O–H groups in total. The number of rotatable bonds is 0. The van der Waals surface area contributed by atoms with Crippen molar-refractivity contribution < 1.29 is 0 Å². The van der Waals surface area contributed by atoms with Gasteiger partial charge in [0.2, 0.25) is 0 Å². The molecule has 2 heteroatoms. The fourth-order valence-electron chi connectivity index (χ4n) is 1.77. The zero-order chi connectivity index (χ0) is 12.2. The molecular formula is C16H10N2. The quantitative estimate of drug-likeness (QED) is 0.555. The van der Waals surface area contributed by atoms with E-state index in [-0.39, 0.29) is 0 Å². The number of pyridine rings is 2. The second kappa shape index (κ2) is 4.68. The summed E-state index contributed by atoms with van der Waals surface area (Å²) in [6.45, 7) is 0. The van der Waals surface area contributed by atoms with Gasteiger partial charge in [0, 0.05) is 17.8 Å². The summed E-state index contributed by atoms with van der Waals surface area (Å²) >= 11 is 0. The Labute approximate surface area is 105 Å². The van der Waals surface area contributed by atoms with Crippen molar-refractivity contribution in [3.63, 3.8) is 0 Å². The van der Waals surface area contributed by atoms with Crippen LogP contribution < -0.4 is 0 Å². The largest absolute Gasteiger partial charge is 0.255 e. The van der Waals surface area contributed by atoms with Crippen molar-refractivity contribution in [1.82, 2.24) is 9.97 Å². The Hall–Kier alpha value is -2.66. The van der Waals surface area contributed by atoms with Gasteiger partial charge < -0.3 is 0 Å². The van der Waals surface area contributed by atoms with Gasteiger partial charge in [-0.05, 0) is 30.2 Å². The molecule has 0 saturated carbocycles. The van der Waals surface area contributed by atoms with Crippen LogP contribution in [0, 0.1) is 11.8 Å². The monoisotopic (exact) mass is 230 g/mol. The van der Waals surface area contributed by atoms with Crippen LogP contribution in [0.3, 0.4) is 0 Å². The maximum Gasteiger partial charge on any atom is 0.113 e. The van der Waals surface area contributed by atoms with Crippen molar-refractivity contribution >= 4 is 10.9 Å². The van der Waals surface area contributed by atoms with Crippen molar-refractivity contribution in [2.75, 3.05) is 0 Å².